The van der Waals surface area contributed by atoms with E-state index in [1.807, 2.05) is 20.9 Å². The summed E-state index contributed by atoms with van der Waals surface area (Å²) in [7, 11) is -1.59. The fourth-order valence-electron chi connectivity index (χ4n) is 3.06. The summed E-state index contributed by atoms with van der Waals surface area (Å²) in [4.78, 5) is 14.4. The van der Waals surface area contributed by atoms with Crippen molar-refractivity contribution in [2.24, 2.45) is 0 Å². The third-order valence-electron chi connectivity index (χ3n) is 4.41. The minimum atomic E-state index is -3.46. The molecule has 0 spiro atoms. The Bertz CT molecular complexity index is 690. The van der Waals surface area contributed by atoms with Gasteiger partial charge in [-0.2, -0.15) is 4.31 Å². The first-order chi connectivity index (χ1) is 11.5. The molecule has 1 aliphatic heterocycles. The van der Waals surface area contributed by atoms with Crippen LogP contribution in [0, 0.1) is 0 Å². The van der Waals surface area contributed by atoms with Crippen molar-refractivity contribution in [3.8, 4) is 0 Å². The molecule has 142 valence electrons. The van der Waals surface area contributed by atoms with Crippen molar-refractivity contribution in [2.45, 2.75) is 38.0 Å². The maximum absolute atomic E-state index is 12.6. The summed E-state index contributed by atoms with van der Waals surface area (Å²) in [6.45, 7) is 6.01. The molecule has 1 aliphatic rings. The molecule has 0 atom stereocenters. The summed E-state index contributed by atoms with van der Waals surface area (Å²) in [6.07, 6.45) is 2.00. The van der Waals surface area contributed by atoms with Gasteiger partial charge in [0.2, 0.25) is 15.9 Å². The largest absolute Gasteiger partial charge is 0.320 e. The van der Waals surface area contributed by atoms with Crippen LogP contribution in [0.25, 0.3) is 0 Å². The van der Waals surface area contributed by atoms with Crippen molar-refractivity contribution < 1.29 is 13.2 Å². The van der Waals surface area contributed by atoms with Gasteiger partial charge < -0.3 is 10.2 Å². The number of hydrogen-bond acceptors (Lipinski definition) is 4. The summed E-state index contributed by atoms with van der Waals surface area (Å²) < 4.78 is 26.7. The van der Waals surface area contributed by atoms with Gasteiger partial charge in [0, 0.05) is 31.7 Å². The van der Waals surface area contributed by atoms with Crippen LogP contribution in [0.4, 0.5) is 5.69 Å². The lowest BCUT2D eigenvalue weighted by molar-refractivity contribution is -0.118. The van der Waals surface area contributed by atoms with Gasteiger partial charge >= 0.3 is 0 Å². The number of carbonyl (C=O) groups is 1. The first-order valence-corrected chi connectivity index (χ1v) is 9.97. The van der Waals surface area contributed by atoms with Gasteiger partial charge in [0.1, 0.15) is 0 Å². The Morgan fingerprint density at radius 2 is 1.96 bits per heavy atom. The molecule has 2 rings (SSSR count). The Hall–Kier alpha value is -1.15. The lowest BCUT2D eigenvalue weighted by Crippen LogP contribution is -2.31. The van der Waals surface area contributed by atoms with Gasteiger partial charge in [-0.15, -0.1) is 12.4 Å². The van der Waals surface area contributed by atoms with E-state index in [0.717, 1.165) is 24.2 Å². The third-order valence-corrected chi connectivity index (χ3v) is 6.45. The van der Waals surface area contributed by atoms with E-state index in [1.165, 1.54) is 4.31 Å². The standard InChI is InChI=1S/C17H27N3O3S.ClH/c1-4-19(5-2)24(22,23)15-8-9-16-14(13-15)10-12-20(16)17(21)7-6-11-18-3;/h8-9,13,18H,4-7,10-12H2,1-3H3;1H. The first kappa shape index (κ1) is 21.9. The Kier molecular flexibility index (Phi) is 8.34. The summed E-state index contributed by atoms with van der Waals surface area (Å²) in [6, 6.07) is 5.12. The zero-order valence-electron chi connectivity index (χ0n) is 15.1. The van der Waals surface area contributed by atoms with Crippen LogP contribution >= 0.6 is 12.4 Å². The normalized spacial score (nSPS) is 13.7. The molecule has 0 fully saturated rings. The molecule has 0 bridgehead atoms. The molecule has 8 heteroatoms. The quantitative estimate of drug-likeness (QED) is 0.690. The first-order valence-electron chi connectivity index (χ1n) is 8.53. The number of benzene rings is 1. The van der Waals surface area contributed by atoms with Crippen LogP contribution in [0.15, 0.2) is 23.1 Å². The van der Waals surface area contributed by atoms with Crippen LogP contribution in [-0.4, -0.2) is 51.9 Å². The second kappa shape index (κ2) is 9.52. The maximum atomic E-state index is 12.6. The van der Waals surface area contributed by atoms with Gasteiger partial charge in [-0.05, 0) is 50.2 Å². The highest BCUT2D eigenvalue weighted by molar-refractivity contribution is 7.89. The molecule has 25 heavy (non-hydrogen) atoms. The van der Waals surface area contributed by atoms with Crippen LogP contribution in [-0.2, 0) is 21.2 Å². The van der Waals surface area contributed by atoms with E-state index in [-0.39, 0.29) is 18.3 Å². The van der Waals surface area contributed by atoms with E-state index < -0.39 is 10.0 Å². The number of nitrogens with one attached hydrogen (secondary N) is 1. The van der Waals surface area contributed by atoms with Crippen molar-refractivity contribution in [1.29, 1.82) is 0 Å². The minimum absolute atomic E-state index is 0. The van der Waals surface area contributed by atoms with Crippen LogP contribution in [0.5, 0.6) is 0 Å². The van der Waals surface area contributed by atoms with E-state index in [4.69, 9.17) is 0 Å². The molecule has 1 heterocycles. The number of amides is 1. The molecule has 0 unspecified atom stereocenters. The van der Waals surface area contributed by atoms with Gasteiger partial charge in [-0.1, -0.05) is 13.8 Å². The number of fused-ring (bicyclic) bond motifs is 1. The van der Waals surface area contributed by atoms with Gasteiger partial charge in [0.05, 0.1) is 4.90 Å². The number of rotatable bonds is 8. The maximum Gasteiger partial charge on any atom is 0.243 e. The molecule has 0 aromatic heterocycles. The molecule has 1 N–H and O–H groups in total. The van der Waals surface area contributed by atoms with Gasteiger partial charge in [0.15, 0.2) is 0 Å². The minimum Gasteiger partial charge on any atom is -0.320 e. The number of sulfonamides is 1. The van der Waals surface area contributed by atoms with E-state index in [9.17, 15) is 13.2 Å². The number of hydrogen-bond donors (Lipinski definition) is 1. The predicted molar refractivity (Wildman–Crippen MR) is 103 cm³/mol. The molecule has 1 aromatic carbocycles. The summed E-state index contributed by atoms with van der Waals surface area (Å²) in [5, 5.41) is 3.04. The second-order valence-electron chi connectivity index (χ2n) is 5.88. The Balaban J connectivity index is 0.00000312. The highest BCUT2D eigenvalue weighted by Gasteiger charge is 2.28. The molecule has 1 aromatic rings. The second-order valence-corrected chi connectivity index (χ2v) is 7.82. The topological polar surface area (TPSA) is 69.7 Å². The Labute approximate surface area is 157 Å². The van der Waals surface area contributed by atoms with Crippen LogP contribution in [0.3, 0.4) is 0 Å². The fourth-order valence-corrected chi connectivity index (χ4v) is 4.57. The Morgan fingerprint density at radius 1 is 1.28 bits per heavy atom. The van der Waals surface area contributed by atoms with Gasteiger partial charge in [0.25, 0.3) is 0 Å². The molecule has 0 saturated carbocycles. The summed E-state index contributed by atoms with van der Waals surface area (Å²) in [5.41, 5.74) is 1.79. The molecular formula is C17H28ClN3O3S. The lowest BCUT2D eigenvalue weighted by Gasteiger charge is -2.20. The monoisotopic (exact) mass is 389 g/mol. The van der Waals surface area contributed by atoms with Crippen molar-refractivity contribution >= 4 is 34.0 Å². The van der Waals surface area contributed by atoms with Crippen LogP contribution in [0.2, 0.25) is 0 Å². The van der Waals surface area contributed by atoms with E-state index in [0.29, 0.717) is 37.4 Å². The van der Waals surface area contributed by atoms with Crippen LogP contribution in [0.1, 0.15) is 32.3 Å². The van der Waals surface area contributed by atoms with Crippen LogP contribution < -0.4 is 10.2 Å². The van der Waals surface area contributed by atoms with Crippen molar-refractivity contribution in [2.75, 3.05) is 38.1 Å². The van der Waals surface area contributed by atoms with Crippen molar-refractivity contribution in [1.82, 2.24) is 9.62 Å². The molecule has 6 nitrogen and oxygen atoms in total. The van der Waals surface area contributed by atoms with Crippen molar-refractivity contribution in [3.05, 3.63) is 23.8 Å². The van der Waals surface area contributed by atoms with E-state index in [1.54, 1.807) is 23.1 Å². The zero-order chi connectivity index (χ0) is 17.7. The molecule has 0 saturated heterocycles. The zero-order valence-corrected chi connectivity index (χ0v) is 16.8. The molecule has 0 aliphatic carbocycles. The highest BCUT2D eigenvalue weighted by Crippen LogP contribution is 2.31. The average molecular weight is 390 g/mol. The van der Waals surface area contributed by atoms with Gasteiger partial charge in [-0.25, -0.2) is 8.42 Å². The number of carbonyl (C=O) groups excluding carboxylic acids is 1. The molecule has 1 amide bonds. The summed E-state index contributed by atoms with van der Waals surface area (Å²) >= 11 is 0. The molecular weight excluding hydrogens is 362 g/mol. The van der Waals surface area contributed by atoms with E-state index in [2.05, 4.69) is 5.32 Å². The number of nitrogens with zero attached hydrogens (tertiary/aromatic N) is 2. The van der Waals surface area contributed by atoms with E-state index >= 15 is 0 Å². The van der Waals surface area contributed by atoms with Crippen molar-refractivity contribution in [3.63, 3.8) is 0 Å². The average Bonchev–Trinajstić information content (AvgIpc) is 2.99. The third kappa shape index (κ3) is 4.73. The predicted octanol–water partition coefficient (Wildman–Crippen LogP) is 2.03. The molecule has 0 radical (unpaired) electrons. The fraction of sp³-hybridized carbons (Fsp3) is 0.588. The highest BCUT2D eigenvalue weighted by atomic mass is 35.5. The lowest BCUT2D eigenvalue weighted by atomic mass is 10.2. The SMILES string of the molecule is CCN(CC)S(=O)(=O)c1ccc2c(c1)CCN2C(=O)CCCNC.Cl. The Morgan fingerprint density at radius 3 is 2.56 bits per heavy atom. The number of halogens is 1. The summed E-state index contributed by atoms with van der Waals surface area (Å²) in [5.74, 6) is 0.100. The van der Waals surface area contributed by atoms with Gasteiger partial charge in [-0.3, -0.25) is 4.79 Å². The number of anilines is 1. The smallest absolute Gasteiger partial charge is 0.243 e.